The van der Waals surface area contributed by atoms with Gasteiger partial charge in [0.1, 0.15) is 0 Å². The summed E-state index contributed by atoms with van der Waals surface area (Å²) in [7, 11) is 3.86. The van der Waals surface area contributed by atoms with Crippen LogP contribution in [0.1, 0.15) is 13.8 Å². The Morgan fingerprint density at radius 1 is 1.31 bits per heavy atom. The van der Waals surface area contributed by atoms with Gasteiger partial charge in [0.2, 0.25) is 5.91 Å². The van der Waals surface area contributed by atoms with Gasteiger partial charge < -0.3 is 14.9 Å². The van der Waals surface area contributed by atoms with E-state index < -0.39 is 5.97 Å². The first kappa shape index (κ1) is 14.6. The summed E-state index contributed by atoms with van der Waals surface area (Å²) >= 11 is 0. The number of carboxylic acid groups (broad SMARTS) is 1. The average Bonchev–Trinajstić information content (AvgIpc) is 2.14. The molecule has 92 valence electrons. The fourth-order valence-corrected chi connectivity index (χ4v) is 1.55. The molecule has 0 heterocycles. The third-order valence-corrected chi connectivity index (χ3v) is 2.15. The molecule has 1 unspecified atom stereocenters. The van der Waals surface area contributed by atoms with Gasteiger partial charge in [0.25, 0.3) is 0 Å². The van der Waals surface area contributed by atoms with Crippen LogP contribution in [0, 0.1) is 0 Å². The normalized spacial score (nSPS) is 13.1. The van der Waals surface area contributed by atoms with Gasteiger partial charge in [0.05, 0.1) is 0 Å². The van der Waals surface area contributed by atoms with E-state index in [1.54, 1.807) is 4.90 Å². The summed E-state index contributed by atoms with van der Waals surface area (Å²) in [6.45, 7) is 5.13. The van der Waals surface area contributed by atoms with Crippen LogP contribution in [0.5, 0.6) is 0 Å². The van der Waals surface area contributed by atoms with Gasteiger partial charge in [0, 0.05) is 31.3 Å². The monoisotopic (exact) mass is 228 g/mol. The second kappa shape index (κ2) is 7.00. The molecule has 0 aromatic rings. The summed E-state index contributed by atoms with van der Waals surface area (Å²) in [4.78, 5) is 25.6. The zero-order chi connectivity index (χ0) is 12.7. The molecular weight excluding hydrogens is 208 g/mol. The fraction of sp³-hybridized carbons (Fsp3) is 0.636. The molecule has 16 heavy (non-hydrogen) atoms. The van der Waals surface area contributed by atoms with Crippen molar-refractivity contribution in [3.8, 4) is 0 Å². The quantitative estimate of drug-likeness (QED) is 0.670. The Kier molecular flexibility index (Phi) is 6.41. The van der Waals surface area contributed by atoms with E-state index in [0.717, 1.165) is 18.7 Å². The second-order valence-corrected chi connectivity index (χ2v) is 3.91. The number of hydrogen-bond acceptors (Lipinski definition) is 3. The largest absolute Gasteiger partial charge is 0.478 e. The summed E-state index contributed by atoms with van der Waals surface area (Å²) in [5.41, 5.74) is 0. The van der Waals surface area contributed by atoms with Crippen LogP contribution in [-0.2, 0) is 9.59 Å². The van der Waals surface area contributed by atoms with E-state index in [0.29, 0.717) is 6.54 Å². The van der Waals surface area contributed by atoms with Crippen LogP contribution in [0.15, 0.2) is 12.2 Å². The van der Waals surface area contributed by atoms with Gasteiger partial charge >= 0.3 is 5.97 Å². The number of rotatable bonds is 6. The predicted molar refractivity (Wildman–Crippen MR) is 62.2 cm³/mol. The van der Waals surface area contributed by atoms with Crippen LogP contribution in [0.2, 0.25) is 0 Å². The zero-order valence-corrected chi connectivity index (χ0v) is 10.3. The number of aliphatic carboxylic acids is 1. The highest BCUT2D eigenvalue weighted by Crippen LogP contribution is 2.01. The first-order valence-corrected chi connectivity index (χ1v) is 5.24. The molecule has 1 amide bonds. The first-order chi connectivity index (χ1) is 7.38. The van der Waals surface area contributed by atoms with Gasteiger partial charge in [-0.05, 0) is 27.9 Å². The van der Waals surface area contributed by atoms with Gasteiger partial charge in [-0.25, -0.2) is 4.79 Å². The lowest BCUT2D eigenvalue weighted by atomic mass is 10.2. The molecule has 5 heteroatoms. The van der Waals surface area contributed by atoms with Crippen molar-refractivity contribution in [2.24, 2.45) is 0 Å². The van der Waals surface area contributed by atoms with E-state index in [9.17, 15) is 9.59 Å². The van der Waals surface area contributed by atoms with Crippen LogP contribution >= 0.6 is 0 Å². The highest BCUT2D eigenvalue weighted by molar-refractivity contribution is 5.94. The molecule has 0 saturated heterocycles. The Balaban J connectivity index is 4.47. The lowest BCUT2D eigenvalue weighted by Crippen LogP contribution is -2.43. The minimum absolute atomic E-state index is 0.0611. The van der Waals surface area contributed by atoms with Crippen molar-refractivity contribution in [2.75, 3.05) is 27.2 Å². The van der Waals surface area contributed by atoms with Crippen molar-refractivity contribution in [1.82, 2.24) is 9.80 Å². The van der Waals surface area contributed by atoms with Crippen LogP contribution in [-0.4, -0.2) is 60.0 Å². The Labute approximate surface area is 96.3 Å². The summed E-state index contributed by atoms with van der Waals surface area (Å²) in [6, 6.07) is 0.0611. The fourth-order valence-electron chi connectivity index (χ4n) is 1.55. The number of amides is 1. The molecule has 0 saturated carbocycles. The second-order valence-electron chi connectivity index (χ2n) is 3.91. The van der Waals surface area contributed by atoms with E-state index >= 15 is 0 Å². The molecule has 0 spiro atoms. The number of likely N-dealkylation sites (N-methyl/N-ethyl adjacent to an activating group) is 2. The van der Waals surface area contributed by atoms with Crippen molar-refractivity contribution in [3.63, 3.8) is 0 Å². The number of carboxylic acids is 1. The third kappa shape index (κ3) is 5.50. The topological polar surface area (TPSA) is 60.9 Å². The Morgan fingerprint density at radius 3 is 2.25 bits per heavy atom. The van der Waals surface area contributed by atoms with Gasteiger partial charge in [-0.3, -0.25) is 4.79 Å². The highest BCUT2D eigenvalue weighted by Gasteiger charge is 2.16. The molecule has 0 aliphatic rings. The van der Waals surface area contributed by atoms with E-state index in [1.165, 1.54) is 0 Å². The smallest absolute Gasteiger partial charge is 0.328 e. The standard InChI is InChI=1S/C11H20N2O3/c1-5-13(9(2)8-12(3)4)10(14)6-7-11(15)16/h6-7,9H,5,8H2,1-4H3,(H,15,16)/b7-6+. The minimum atomic E-state index is -1.11. The Bertz CT molecular complexity index is 274. The van der Waals surface area contributed by atoms with Crippen molar-refractivity contribution in [3.05, 3.63) is 12.2 Å². The van der Waals surface area contributed by atoms with Crippen molar-refractivity contribution < 1.29 is 14.7 Å². The molecule has 0 aliphatic carbocycles. The maximum Gasteiger partial charge on any atom is 0.328 e. The van der Waals surface area contributed by atoms with Crippen LogP contribution in [0.25, 0.3) is 0 Å². The molecule has 0 aromatic carbocycles. The molecular formula is C11H20N2O3. The molecule has 0 rings (SSSR count). The molecule has 1 N–H and O–H groups in total. The summed E-state index contributed by atoms with van der Waals surface area (Å²) in [5, 5.41) is 8.44. The van der Waals surface area contributed by atoms with E-state index in [2.05, 4.69) is 0 Å². The number of nitrogens with zero attached hydrogens (tertiary/aromatic N) is 2. The molecule has 0 fully saturated rings. The molecule has 5 nitrogen and oxygen atoms in total. The maximum atomic E-state index is 11.7. The average molecular weight is 228 g/mol. The zero-order valence-electron chi connectivity index (χ0n) is 10.3. The highest BCUT2D eigenvalue weighted by atomic mass is 16.4. The first-order valence-electron chi connectivity index (χ1n) is 5.24. The van der Waals surface area contributed by atoms with Crippen LogP contribution in [0.4, 0.5) is 0 Å². The Morgan fingerprint density at radius 2 is 1.88 bits per heavy atom. The lowest BCUT2D eigenvalue weighted by molar-refractivity contribution is -0.132. The van der Waals surface area contributed by atoms with E-state index in [1.807, 2.05) is 32.8 Å². The lowest BCUT2D eigenvalue weighted by Gasteiger charge is -2.29. The minimum Gasteiger partial charge on any atom is -0.478 e. The SMILES string of the molecule is CCN(C(=O)/C=C/C(=O)O)C(C)CN(C)C. The van der Waals surface area contributed by atoms with Gasteiger partial charge in [-0.15, -0.1) is 0 Å². The Hall–Kier alpha value is -1.36. The molecule has 0 aliphatic heterocycles. The number of hydrogen-bond donors (Lipinski definition) is 1. The summed E-state index contributed by atoms with van der Waals surface area (Å²) in [5.74, 6) is -1.37. The van der Waals surface area contributed by atoms with E-state index in [4.69, 9.17) is 5.11 Å². The maximum absolute atomic E-state index is 11.7. The predicted octanol–water partition coefficient (Wildman–Crippen LogP) is 0.426. The van der Waals surface area contributed by atoms with Gasteiger partial charge in [0.15, 0.2) is 0 Å². The van der Waals surface area contributed by atoms with Gasteiger partial charge in [-0.1, -0.05) is 0 Å². The summed E-state index contributed by atoms with van der Waals surface area (Å²) in [6.07, 6.45) is 1.96. The molecule has 0 radical (unpaired) electrons. The number of carbonyl (C=O) groups excluding carboxylic acids is 1. The van der Waals surface area contributed by atoms with Crippen molar-refractivity contribution in [1.29, 1.82) is 0 Å². The van der Waals surface area contributed by atoms with Gasteiger partial charge in [-0.2, -0.15) is 0 Å². The third-order valence-electron chi connectivity index (χ3n) is 2.15. The molecule has 1 atom stereocenters. The van der Waals surface area contributed by atoms with E-state index in [-0.39, 0.29) is 11.9 Å². The molecule has 0 bridgehead atoms. The van der Waals surface area contributed by atoms with Crippen LogP contribution < -0.4 is 0 Å². The van der Waals surface area contributed by atoms with Crippen molar-refractivity contribution in [2.45, 2.75) is 19.9 Å². The molecule has 0 aromatic heterocycles. The number of carbonyl (C=O) groups is 2. The van der Waals surface area contributed by atoms with Crippen LogP contribution in [0.3, 0.4) is 0 Å². The summed E-state index contributed by atoms with van der Waals surface area (Å²) < 4.78 is 0. The van der Waals surface area contributed by atoms with Crippen molar-refractivity contribution >= 4 is 11.9 Å².